The summed E-state index contributed by atoms with van der Waals surface area (Å²) in [5.74, 6) is 0.906. The van der Waals surface area contributed by atoms with Gasteiger partial charge < -0.3 is 25.6 Å². The molecule has 0 bridgehead atoms. The summed E-state index contributed by atoms with van der Waals surface area (Å²) in [5.41, 5.74) is 8.02. The van der Waals surface area contributed by atoms with Gasteiger partial charge in [0.2, 0.25) is 5.95 Å². The molecular weight excluding hydrogens is 472 g/mol. The lowest BCUT2D eigenvalue weighted by Crippen LogP contribution is -2.44. The van der Waals surface area contributed by atoms with E-state index in [0.29, 0.717) is 40.5 Å². The summed E-state index contributed by atoms with van der Waals surface area (Å²) in [6, 6.07) is 12.7. The molecule has 3 N–H and O–H groups in total. The first-order valence-electron chi connectivity index (χ1n) is 12.2. The van der Waals surface area contributed by atoms with Crippen LogP contribution in [0.25, 0.3) is 16.9 Å². The number of rotatable bonds is 6. The molecule has 37 heavy (non-hydrogen) atoms. The van der Waals surface area contributed by atoms with Gasteiger partial charge in [-0.1, -0.05) is 6.07 Å². The Labute approximate surface area is 213 Å². The van der Waals surface area contributed by atoms with Crippen molar-refractivity contribution < 1.29 is 4.74 Å². The normalized spacial score (nSPS) is 14.2. The summed E-state index contributed by atoms with van der Waals surface area (Å²) in [4.78, 5) is 39.7. The van der Waals surface area contributed by atoms with Gasteiger partial charge in [-0.3, -0.25) is 18.7 Å². The maximum atomic E-state index is 13.1. The fourth-order valence-corrected chi connectivity index (χ4v) is 4.58. The molecule has 0 aliphatic carbocycles. The number of anilines is 4. The first-order chi connectivity index (χ1) is 17.9. The molecule has 4 aromatic rings. The predicted octanol–water partition coefficient (Wildman–Crippen LogP) is 2.05. The molecule has 1 fully saturated rings. The maximum absolute atomic E-state index is 13.1. The highest BCUT2D eigenvalue weighted by atomic mass is 16.5. The average Bonchev–Trinajstić information content (AvgIpc) is 2.90. The minimum atomic E-state index is -0.710. The van der Waals surface area contributed by atoms with Crippen LogP contribution in [0.5, 0.6) is 5.75 Å². The van der Waals surface area contributed by atoms with Gasteiger partial charge in [0.1, 0.15) is 11.3 Å². The van der Waals surface area contributed by atoms with E-state index in [-0.39, 0.29) is 5.95 Å². The molecule has 1 aliphatic rings. The van der Waals surface area contributed by atoms with Crippen LogP contribution in [0.4, 0.5) is 23.0 Å². The molecule has 1 saturated heterocycles. The van der Waals surface area contributed by atoms with Crippen molar-refractivity contribution in [1.82, 2.24) is 24.0 Å². The Morgan fingerprint density at radius 3 is 2.51 bits per heavy atom. The zero-order valence-electron chi connectivity index (χ0n) is 21.1. The van der Waals surface area contributed by atoms with Gasteiger partial charge >= 0.3 is 11.1 Å². The highest BCUT2D eigenvalue weighted by Crippen LogP contribution is 2.32. The Hall–Kier alpha value is -4.38. The van der Waals surface area contributed by atoms with Crippen LogP contribution in [0.15, 0.2) is 58.3 Å². The van der Waals surface area contributed by atoms with Gasteiger partial charge in [-0.25, -0.2) is 4.98 Å². The van der Waals surface area contributed by atoms with E-state index in [1.54, 1.807) is 44.5 Å². The Bertz CT molecular complexity index is 1570. The number of methoxy groups -OCH3 is 1. The average molecular weight is 503 g/mol. The third kappa shape index (κ3) is 4.60. The van der Waals surface area contributed by atoms with E-state index in [1.807, 2.05) is 18.2 Å². The van der Waals surface area contributed by atoms with Crippen LogP contribution in [0.1, 0.15) is 6.92 Å². The van der Waals surface area contributed by atoms with Gasteiger partial charge in [0.15, 0.2) is 5.65 Å². The summed E-state index contributed by atoms with van der Waals surface area (Å²) in [5, 5.41) is 3.21. The molecule has 2 aromatic carbocycles. The summed E-state index contributed by atoms with van der Waals surface area (Å²) in [6.45, 7) is 6.00. The summed E-state index contributed by atoms with van der Waals surface area (Å²) in [6.07, 6.45) is 1.54. The Balaban J connectivity index is 1.57. The van der Waals surface area contributed by atoms with Crippen LogP contribution in [-0.4, -0.2) is 64.3 Å². The first-order valence-corrected chi connectivity index (χ1v) is 12.2. The van der Waals surface area contributed by atoms with Crippen molar-refractivity contribution in [2.75, 3.05) is 56.3 Å². The van der Waals surface area contributed by atoms with E-state index >= 15 is 0 Å². The molecule has 5 rings (SSSR count). The van der Waals surface area contributed by atoms with Gasteiger partial charge in [0.05, 0.1) is 24.7 Å². The Morgan fingerprint density at radius 2 is 1.81 bits per heavy atom. The van der Waals surface area contributed by atoms with E-state index in [0.717, 1.165) is 31.9 Å². The van der Waals surface area contributed by atoms with Crippen LogP contribution in [0.3, 0.4) is 0 Å². The van der Waals surface area contributed by atoms with Crippen molar-refractivity contribution in [3.8, 4) is 11.4 Å². The standard InChI is InChI=1S/C26H30N8O3/c1-4-33-21-16-28-26(30-23(21)34(25(36)24(33)35)19-7-5-6-17(27)14-19)29-20-9-8-18(15-22(20)37-3)32-12-10-31(2)11-13-32/h5-9,14-16H,4,10-13,27H2,1-3H3,(H,28,29,30). The number of ether oxygens (including phenoxy) is 1. The minimum absolute atomic E-state index is 0.261. The first kappa shape index (κ1) is 24.3. The lowest BCUT2D eigenvalue weighted by molar-refractivity contribution is 0.312. The highest BCUT2D eigenvalue weighted by molar-refractivity contribution is 5.75. The Morgan fingerprint density at radius 1 is 1.03 bits per heavy atom. The molecule has 192 valence electrons. The quantitative estimate of drug-likeness (QED) is 0.301. The van der Waals surface area contributed by atoms with Crippen LogP contribution >= 0.6 is 0 Å². The number of hydrogen-bond acceptors (Lipinski definition) is 9. The zero-order valence-corrected chi connectivity index (χ0v) is 21.1. The van der Waals surface area contributed by atoms with Gasteiger partial charge in [-0.2, -0.15) is 4.98 Å². The van der Waals surface area contributed by atoms with Crippen LogP contribution in [0, 0.1) is 0 Å². The van der Waals surface area contributed by atoms with Gasteiger partial charge in [-0.15, -0.1) is 0 Å². The number of piperazine rings is 1. The predicted molar refractivity (Wildman–Crippen MR) is 145 cm³/mol. The van der Waals surface area contributed by atoms with Crippen molar-refractivity contribution in [2.24, 2.45) is 0 Å². The molecule has 1 aliphatic heterocycles. The Kier molecular flexibility index (Phi) is 6.53. The molecule has 0 unspecified atom stereocenters. The molecule has 0 radical (unpaired) electrons. The minimum Gasteiger partial charge on any atom is -0.494 e. The van der Waals surface area contributed by atoms with Gasteiger partial charge in [0.25, 0.3) is 0 Å². The second-order valence-corrected chi connectivity index (χ2v) is 8.99. The molecule has 0 amide bonds. The fraction of sp³-hybridized carbons (Fsp3) is 0.308. The molecule has 11 nitrogen and oxygen atoms in total. The van der Waals surface area contributed by atoms with E-state index < -0.39 is 11.1 Å². The third-order valence-corrected chi connectivity index (χ3v) is 6.63. The topological polar surface area (TPSA) is 124 Å². The molecule has 3 heterocycles. The zero-order chi connectivity index (χ0) is 26.1. The molecular formula is C26H30N8O3. The van der Waals surface area contributed by atoms with Gasteiger partial charge in [-0.05, 0) is 44.3 Å². The highest BCUT2D eigenvalue weighted by Gasteiger charge is 2.19. The number of nitrogen functional groups attached to an aromatic ring is 1. The molecule has 0 saturated carbocycles. The maximum Gasteiger partial charge on any atom is 0.322 e. The van der Waals surface area contributed by atoms with Crippen LogP contribution in [-0.2, 0) is 6.54 Å². The fourth-order valence-electron chi connectivity index (χ4n) is 4.58. The van der Waals surface area contributed by atoms with Crippen molar-refractivity contribution >= 4 is 34.2 Å². The lowest BCUT2D eigenvalue weighted by Gasteiger charge is -2.34. The second kappa shape index (κ2) is 9.94. The monoisotopic (exact) mass is 502 g/mol. The number of nitrogens with one attached hydrogen (secondary N) is 1. The van der Waals surface area contributed by atoms with Crippen molar-refractivity contribution in [3.63, 3.8) is 0 Å². The number of nitrogens with zero attached hydrogens (tertiary/aromatic N) is 6. The molecule has 0 spiro atoms. The van der Waals surface area contributed by atoms with Crippen molar-refractivity contribution in [1.29, 1.82) is 0 Å². The molecule has 0 atom stereocenters. The molecule has 11 heteroatoms. The number of fused-ring (bicyclic) bond motifs is 1. The van der Waals surface area contributed by atoms with Gasteiger partial charge in [0, 0.05) is 50.2 Å². The number of aryl methyl sites for hydroxylation is 1. The van der Waals surface area contributed by atoms with E-state index in [2.05, 4.69) is 32.1 Å². The van der Waals surface area contributed by atoms with Crippen molar-refractivity contribution in [2.45, 2.75) is 13.5 Å². The van der Waals surface area contributed by atoms with Crippen LogP contribution < -0.4 is 31.8 Å². The smallest absolute Gasteiger partial charge is 0.322 e. The van der Waals surface area contributed by atoms with Crippen molar-refractivity contribution in [3.05, 3.63) is 69.4 Å². The number of hydrogen-bond donors (Lipinski definition) is 2. The SMILES string of the molecule is CCn1c(=O)c(=O)n(-c2cccc(N)c2)c2nc(Nc3ccc(N4CCN(C)CC4)cc3OC)ncc21. The molecule has 2 aromatic heterocycles. The third-order valence-electron chi connectivity index (χ3n) is 6.63. The van der Waals surface area contributed by atoms with Crippen LogP contribution in [0.2, 0.25) is 0 Å². The summed E-state index contributed by atoms with van der Waals surface area (Å²) < 4.78 is 8.31. The second-order valence-electron chi connectivity index (χ2n) is 8.99. The number of likely N-dealkylation sites (N-methyl/N-ethyl adjacent to an activating group) is 1. The lowest BCUT2D eigenvalue weighted by atomic mass is 10.2. The summed E-state index contributed by atoms with van der Waals surface area (Å²) in [7, 11) is 3.74. The number of benzene rings is 2. The van der Waals surface area contributed by atoms with E-state index in [1.165, 1.54) is 9.13 Å². The number of aromatic nitrogens is 4. The van der Waals surface area contributed by atoms with E-state index in [4.69, 9.17) is 10.5 Å². The van der Waals surface area contributed by atoms with E-state index in [9.17, 15) is 9.59 Å². The number of nitrogens with two attached hydrogens (primary N) is 1. The summed E-state index contributed by atoms with van der Waals surface area (Å²) >= 11 is 0. The largest absolute Gasteiger partial charge is 0.494 e.